The first-order valence-electron chi connectivity index (χ1n) is 12.6. The third-order valence-electron chi connectivity index (χ3n) is 7.07. The highest BCUT2D eigenvalue weighted by Crippen LogP contribution is 2.52. The zero-order valence-electron chi connectivity index (χ0n) is 22.3. The standard InChI is InChI=1S/C30H26Cl2F3N3O3/c1-29(2,3)14-23-30(15-36,19-12-11-16(31)13-22(19)34)24(18-8-6-9-20(32)25(18)35)26(37-23)27(39)38-41-28(40)17-7-4-5-10-21(17)33/h4-13,23-24,26,37H,14H2,1-3H3,(H,38,39)/t23-,24-,26+,30-/m0/s1. The number of nitrogens with one attached hydrogen (secondary N) is 2. The van der Waals surface area contributed by atoms with Crippen LogP contribution in [-0.4, -0.2) is 24.0 Å². The van der Waals surface area contributed by atoms with Crippen molar-refractivity contribution in [2.45, 2.75) is 50.6 Å². The summed E-state index contributed by atoms with van der Waals surface area (Å²) < 4.78 is 45.4. The summed E-state index contributed by atoms with van der Waals surface area (Å²) in [6.45, 7) is 5.69. The molecule has 4 rings (SSSR count). The van der Waals surface area contributed by atoms with E-state index < -0.39 is 63.7 Å². The fourth-order valence-corrected chi connectivity index (χ4v) is 5.74. The fourth-order valence-electron chi connectivity index (χ4n) is 5.40. The number of nitrogens with zero attached hydrogens (tertiary/aromatic N) is 1. The SMILES string of the molecule is CC(C)(C)C[C@@H]1N[C@@H](C(=O)NOC(=O)c2ccccc2F)[C@H](c2cccc(Cl)c2F)[C@@]1(C#N)c1ccc(Cl)cc1F. The van der Waals surface area contributed by atoms with E-state index in [0.717, 1.165) is 12.1 Å². The number of carbonyl (C=O) groups is 2. The third-order valence-corrected chi connectivity index (χ3v) is 7.60. The molecule has 11 heteroatoms. The van der Waals surface area contributed by atoms with Crippen LogP contribution in [0.3, 0.4) is 0 Å². The van der Waals surface area contributed by atoms with Gasteiger partial charge in [-0.3, -0.25) is 4.79 Å². The van der Waals surface area contributed by atoms with Gasteiger partial charge in [0, 0.05) is 22.5 Å². The summed E-state index contributed by atoms with van der Waals surface area (Å²) in [5.74, 6) is -6.09. The molecule has 3 aromatic carbocycles. The lowest BCUT2D eigenvalue weighted by atomic mass is 9.62. The summed E-state index contributed by atoms with van der Waals surface area (Å²) in [7, 11) is 0. The smallest absolute Gasteiger partial charge is 0.335 e. The molecule has 1 fully saturated rings. The number of hydrogen-bond acceptors (Lipinski definition) is 5. The van der Waals surface area contributed by atoms with Crippen molar-refractivity contribution in [1.82, 2.24) is 10.8 Å². The molecule has 214 valence electrons. The van der Waals surface area contributed by atoms with Crippen molar-refractivity contribution in [1.29, 1.82) is 5.26 Å². The van der Waals surface area contributed by atoms with Gasteiger partial charge in [0.25, 0.3) is 5.91 Å². The third kappa shape index (κ3) is 5.91. The zero-order chi connectivity index (χ0) is 30.1. The van der Waals surface area contributed by atoms with Gasteiger partial charge in [0.05, 0.1) is 22.7 Å². The summed E-state index contributed by atoms with van der Waals surface area (Å²) >= 11 is 12.1. The summed E-state index contributed by atoms with van der Waals surface area (Å²) in [5, 5.41) is 13.7. The molecule has 1 amide bonds. The Morgan fingerprint density at radius 1 is 1.05 bits per heavy atom. The molecule has 1 aliphatic heterocycles. The number of rotatable bonds is 5. The van der Waals surface area contributed by atoms with Crippen LogP contribution in [-0.2, 0) is 15.0 Å². The van der Waals surface area contributed by atoms with Crippen molar-refractivity contribution < 1.29 is 27.6 Å². The van der Waals surface area contributed by atoms with Crippen LogP contribution in [0.25, 0.3) is 0 Å². The molecule has 0 spiro atoms. The Balaban J connectivity index is 1.86. The minimum absolute atomic E-state index is 0.0810. The molecule has 4 atom stereocenters. The van der Waals surface area contributed by atoms with E-state index in [1.165, 1.54) is 48.5 Å². The maximum Gasteiger partial charge on any atom is 0.365 e. The molecule has 0 unspecified atom stereocenters. The van der Waals surface area contributed by atoms with Crippen molar-refractivity contribution in [2.24, 2.45) is 5.41 Å². The normalized spacial score (nSPS) is 22.2. The molecule has 0 aromatic heterocycles. The first kappa shape index (κ1) is 30.4. The lowest BCUT2D eigenvalue weighted by molar-refractivity contribution is -0.132. The highest BCUT2D eigenvalue weighted by molar-refractivity contribution is 6.31. The Kier molecular flexibility index (Phi) is 8.69. The molecule has 0 aliphatic carbocycles. The quantitative estimate of drug-likeness (QED) is 0.320. The maximum atomic E-state index is 15.7. The monoisotopic (exact) mass is 603 g/mol. The molecule has 3 aromatic rings. The van der Waals surface area contributed by atoms with Crippen LogP contribution in [0.2, 0.25) is 10.0 Å². The van der Waals surface area contributed by atoms with Crippen LogP contribution >= 0.6 is 23.2 Å². The van der Waals surface area contributed by atoms with Gasteiger partial charge in [0.15, 0.2) is 0 Å². The summed E-state index contributed by atoms with van der Waals surface area (Å²) in [5.41, 5.74) is -0.946. The van der Waals surface area contributed by atoms with Gasteiger partial charge in [-0.25, -0.2) is 18.0 Å². The molecule has 0 bridgehead atoms. The lowest BCUT2D eigenvalue weighted by Gasteiger charge is -2.37. The van der Waals surface area contributed by atoms with Crippen LogP contribution in [0.5, 0.6) is 0 Å². The van der Waals surface area contributed by atoms with E-state index in [2.05, 4.69) is 11.4 Å². The molecule has 2 N–H and O–H groups in total. The molecule has 1 saturated heterocycles. The van der Waals surface area contributed by atoms with Crippen molar-refractivity contribution in [3.8, 4) is 6.07 Å². The second-order valence-electron chi connectivity index (χ2n) is 11.0. The Hall–Kier alpha value is -3.58. The van der Waals surface area contributed by atoms with Gasteiger partial charge in [-0.15, -0.1) is 0 Å². The molecule has 0 radical (unpaired) electrons. The van der Waals surface area contributed by atoms with Gasteiger partial charge in [-0.05, 0) is 47.7 Å². The van der Waals surface area contributed by atoms with Gasteiger partial charge in [-0.1, -0.05) is 74.3 Å². The van der Waals surface area contributed by atoms with Crippen molar-refractivity contribution >= 4 is 35.1 Å². The number of halogens is 5. The van der Waals surface area contributed by atoms with Crippen LogP contribution in [0, 0.1) is 34.2 Å². The molecular formula is C30H26Cl2F3N3O3. The topological polar surface area (TPSA) is 91.2 Å². The lowest BCUT2D eigenvalue weighted by Crippen LogP contribution is -2.46. The molecule has 1 heterocycles. The summed E-state index contributed by atoms with van der Waals surface area (Å²) in [4.78, 5) is 31.0. The van der Waals surface area contributed by atoms with Crippen molar-refractivity contribution in [3.63, 3.8) is 0 Å². The van der Waals surface area contributed by atoms with Crippen LogP contribution in [0.15, 0.2) is 60.7 Å². The number of hydrogen-bond donors (Lipinski definition) is 2. The molecule has 41 heavy (non-hydrogen) atoms. The van der Waals surface area contributed by atoms with E-state index in [1.54, 1.807) is 0 Å². The molecule has 0 saturated carbocycles. The van der Waals surface area contributed by atoms with E-state index in [1.807, 2.05) is 26.3 Å². The van der Waals surface area contributed by atoms with Gasteiger partial charge in [0.1, 0.15) is 22.9 Å². The van der Waals surface area contributed by atoms with E-state index >= 15 is 8.78 Å². The summed E-state index contributed by atoms with van der Waals surface area (Å²) in [6.07, 6.45) is 0.250. The Bertz CT molecular complexity index is 1540. The largest absolute Gasteiger partial charge is 0.365 e. The molecular weight excluding hydrogens is 578 g/mol. The van der Waals surface area contributed by atoms with Gasteiger partial charge >= 0.3 is 5.97 Å². The Labute approximate surface area is 245 Å². The number of benzene rings is 3. The maximum absolute atomic E-state index is 15.7. The molecule has 1 aliphatic rings. The Morgan fingerprint density at radius 2 is 1.76 bits per heavy atom. The van der Waals surface area contributed by atoms with E-state index in [9.17, 15) is 19.2 Å². The number of amides is 1. The zero-order valence-corrected chi connectivity index (χ0v) is 23.8. The van der Waals surface area contributed by atoms with Gasteiger partial charge in [-0.2, -0.15) is 10.7 Å². The average molecular weight is 604 g/mol. The minimum atomic E-state index is -1.86. The van der Waals surface area contributed by atoms with Crippen LogP contribution in [0.1, 0.15) is 54.6 Å². The van der Waals surface area contributed by atoms with Crippen LogP contribution in [0.4, 0.5) is 13.2 Å². The number of nitriles is 1. The van der Waals surface area contributed by atoms with Crippen LogP contribution < -0.4 is 10.8 Å². The van der Waals surface area contributed by atoms with Crippen molar-refractivity contribution in [2.75, 3.05) is 0 Å². The first-order valence-corrected chi connectivity index (χ1v) is 13.4. The Morgan fingerprint density at radius 3 is 2.39 bits per heavy atom. The minimum Gasteiger partial charge on any atom is -0.335 e. The van der Waals surface area contributed by atoms with Gasteiger partial charge < -0.3 is 10.2 Å². The van der Waals surface area contributed by atoms with E-state index in [0.29, 0.717) is 0 Å². The summed E-state index contributed by atoms with van der Waals surface area (Å²) in [6, 6.07) is 12.8. The predicted molar refractivity (Wildman–Crippen MR) is 148 cm³/mol. The highest BCUT2D eigenvalue weighted by Gasteiger charge is 2.61. The highest BCUT2D eigenvalue weighted by atomic mass is 35.5. The van der Waals surface area contributed by atoms with Crippen molar-refractivity contribution in [3.05, 3.63) is 105 Å². The predicted octanol–water partition coefficient (Wildman–Crippen LogP) is 6.62. The fraction of sp³-hybridized carbons (Fsp3) is 0.300. The number of carbonyl (C=O) groups excluding carboxylic acids is 2. The number of hydroxylamine groups is 1. The molecule has 6 nitrogen and oxygen atoms in total. The average Bonchev–Trinajstić information content (AvgIpc) is 3.21. The second-order valence-corrected chi connectivity index (χ2v) is 11.9. The van der Waals surface area contributed by atoms with E-state index in [-0.39, 0.29) is 27.6 Å². The second kappa shape index (κ2) is 11.7. The van der Waals surface area contributed by atoms with Gasteiger partial charge in [0.2, 0.25) is 0 Å². The first-order chi connectivity index (χ1) is 19.3. The van der Waals surface area contributed by atoms with E-state index in [4.69, 9.17) is 28.0 Å².